The van der Waals surface area contributed by atoms with Gasteiger partial charge in [0.25, 0.3) is 0 Å². The van der Waals surface area contributed by atoms with Gasteiger partial charge in [-0.1, -0.05) is 19.1 Å². The lowest BCUT2D eigenvalue weighted by Crippen LogP contribution is -2.60. The summed E-state index contributed by atoms with van der Waals surface area (Å²) in [4.78, 5) is 4.81. The Balaban J connectivity index is 1.60. The van der Waals surface area contributed by atoms with Gasteiger partial charge in [-0.25, -0.2) is 0 Å². The Bertz CT molecular complexity index is 745. The van der Waals surface area contributed by atoms with Gasteiger partial charge in [0, 0.05) is 25.2 Å². The molecule has 0 spiro atoms. The van der Waals surface area contributed by atoms with Crippen LogP contribution in [0.2, 0.25) is 0 Å². The number of likely N-dealkylation sites (tertiary alicyclic amines) is 1. The topological polar surface area (TPSA) is 61.7 Å². The number of phenolic OH excluding ortho intramolecular Hbond substituents is 1. The first-order valence-corrected chi connectivity index (χ1v) is 9.40. The summed E-state index contributed by atoms with van der Waals surface area (Å²) in [6.45, 7) is 8.91. The van der Waals surface area contributed by atoms with Crippen LogP contribution < -0.4 is 4.90 Å². The van der Waals surface area contributed by atoms with Crippen LogP contribution in [0.1, 0.15) is 18.9 Å². The summed E-state index contributed by atoms with van der Waals surface area (Å²) in [5.41, 5.74) is 2.44. The molecule has 4 rings (SSSR count). The maximum absolute atomic E-state index is 10.2. The first-order chi connectivity index (χ1) is 12.7. The molecular formula is C20H26N4O2. The fourth-order valence-electron chi connectivity index (χ4n) is 4.11. The average molecular weight is 354 g/mol. The van der Waals surface area contributed by atoms with Gasteiger partial charge in [-0.15, -0.1) is 10.2 Å². The molecule has 2 aliphatic heterocycles. The molecule has 1 aromatic carbocycles. The number of aromatic hydroxyl groups is 1. The number of anilines is 1. The summed E-state index contributed by atoms with van der Waals surface area (Å²) in [7, 11) is 0. The van der Waals surface area contributed by atoms with E-state index in [2.05, 4.69) is 26.9 Å². The van der Waals surface area contributed by atoms with Crippen LogP contribution in [-0.4, -0.2) is 65.1 Å². The number of hydrogen-bond donors (Lipinski definition) is 1. The van der Waals surface area contributed by atoms with Gasteiger partial charge in [0.1, 0.15) is 5.75 Å². The fraction of sp³-hybridized carbons (Fsp3) is 0.500. The van der Waals surface area contributed by atoms with Crippen molar-refractivity contribution in [2.24, 2.45) is 0 Å². The highest BCUT2D eigenvalue weighted by Gasteiger charge is 2.37. The van der Waals surface area contributed by atoms with Gasteiger partial charge in [-0.3, -0.25) is 0 Å². The second kappa shape index (κ2) is 7.21. The zero-order chi connectivity index (χ0) is 18.1. The van der Waals surface area contributed by atoms with Crippen LogP contribution in [0.4, 0.5) is 5.82 Å². The number of likely N-dealkylation sites (N-methyl/N-ethyl adjacent to an activating group) is 1. The van der Waals surface area contributed by atoms with Gasteiger partial charge in [0.2, 0.25) is 0 Å². The highest BCUT2D eigenvalue weighted by Crippen LogP contribution is 2.32. The Morgan fingerprint density at radius 1 is 1.19 bits per heavy atom. The Morgan fingerprint density at radius 2 is 2.08 bits per heavy atom. The van der Waals surface area contributed by atoms with Crippen molar-refractivity contribution in [2.75, 3.05) is 37.7 Å². The van der Waals surface area contributed by atoms with Crippen LogP contribution in [0.5, 0.6) is 5.75 Å². The Morgan fingerprint density at radius 3 is 2.81 bits per heavy atom. The number of nitrogens with zero attached hydrogens (tertiary/aromatic N) is 4. The van der Waals surface area contributed by atoms with Gasteiger partial charge in [-0.05, 0) is 43.7 Å². The molecule has 0 aliphatic carbocycles. The third-order valence-corrected chi connectivity index (χ3v) is 5.57. The van der Waals surface area contributed by atoms with E-state index in [-0.39, 0.29) is 11.9 Å². The Kier molecular flexibility index (Phi) is 4.78. The van der Waals surface area contributed by atoms with Crippen molar-refractivity contribution in [1.29, 1.82) is 0 Å². The van der Waals surface area contributed by atoms with Crippen molar-refractivity contribution < 1.29 is 9.84 Å². The van der Waals surface area contributed by atoms with Crippen LogP contribution in [0.25, 0.3) is 11.3 Å². The second-order valence-corrected chi connectivity index (χ2v) is 7.10. The van der Waals surface area contributed by atoms with Crippen molar-refractivity contribution in [2.45, 2.75) is 32.4 Å². The standard InChI is InChI=1S/C20H26N4O2/c1-3-23-10-9-18-16(13-23)24(11-12-26-18)19-8-7-15(21-22-19)20-14(2)5-4-6-17(20)25/h4-8,16,18,25H,3,9-13H2,1-2H3/t16-,18+/m0/s1. The maximum Gasteiger partial charge on any atom is 0.151 e. The zero-order valence-corrected chi connectivity index (χ0v) is 15.4. The van der Waals surface area contributed by atoms with Crippen LogP contribution in [0.3, 0.4) is 0 Å². The van der Waals surface area contributed by atoms with E-state index in [9.17, 15) is 5.11 Å². The SMILES string of the molecule is CCN1CC[C@H]2OCCN(c3ccc(-c4c(C)cccc4O)nn3)[C@H]2C1. The van der Waals surface area contributed by atoms with Crippen molar-refractivity contribution in [3.05, 3.63) is 35.9 Å². The number of ether oxygens (including phenoxy) is 1. The molecule has 1 N–H and O–H groups in total. The van der Waals surface area contributed by atoms with E-state index in [1.165, 1.54) is 0 Å². The van der Waals surface area contributed by atoms with Crippen molar-refractivity contribution in [3.63, 3.8) is 0 Å². The molecule has 2 saturated heterocycles. The molecule has 3 heterocycles. The Labute approximate surface area is 154 Å². The third kappa shape index (κ3) is 3.15. The molecule has 138 valence electrons. The number of morpholine rings is 1. The molecule has 0 unspecified atom stereocenters. The van der Waals surface area contributed by atoms with Crippen LogP contribution in [0, 0.1) is 6.92 Å². The highest BCUT2D eigenvalue weighted by atomic mass is 16.5. The molecule has 0 saturated carbocycles. The van der Waals surface area contributed by atoms with Crippen LogP contribution in [-0.2, 0) is 4.74 Å². The van der Waals surface area contributed by atoms with E-state index in [0.717, 1.165) is 56.2 Å². The van der Waals surface area contributed by atoms with E-state index in [1.54, 1.807) is 6.07 Å². The van der Waals surface area contributed by atoms with E-state index >= 15 is 0 Å². The molecule has 0 bridgehead atoms. The molecule has 2 aromatic rings. The number of piperidine rings is 1. The van der Waals surface area contributed by atoms with Crippen LogP contribution in [0.15, 0.2) is 30.3 Å². The Hall–Kier alpha value is -2.18. The smallest absolute Gasteiger partial charge is 0.151 e. The average Bonchev–Trinajstić information content (AvgIpc) is 2.67. The summed E-state index contributed by atoms with van der Waals surface area (Å²) < 4.78 is 6.00. The van der Waals surface area contributed by atoms with Gasteiger partial charge in [-0.2, -0.15) is 0 Å². The lowest BCUT2D eigenvalue weighted by Gasteiger charge is -2.47. The quantitative estimate of drug-likeness (QED) is 0.914. The molecule has 1 aromatic heterocycles. The molecule has 0 amide bonds. The van der Waals surface area contributed by atoms with E-state index < -0.39 is 0 Å². The molecular weight excluding hydrogens is 328 g/mol. The van der Waals surface area contributed by atoms with Crippen LogP contribution >= 0.6 is 0 Å². The van der Waals surface area contributed by atoms with E-state index in [4.69, 9.17) is 4.74 Å². The lowest BCUT2D eigenvalue weighted by atomic mass is 9.98. The summed E-state index contributed by atoms with van der Waals surface area (Å²) in [6.07, 6.45) is 1.34. The van der Waals surface area contributed by atoms with Gasteiger partial charge in [0.15, 0.2) is 5.82 Å². The molecule has 26 heavy (non-hydrogen) atoms. The molecule has 6 nitrogen and oxygen atoms in total. The minimum absolute atomic E-state index is 0.240. The monoisotopic (exact) mass is 354 g/mol. The van der Waals surface area contributed by atoms with Crippen molar-refractivity contribution >= 4 is 5.82 Å². The zero-order valence-electron chi connectivity index (χ0n) is 15.4. The van der Waals surface area contributed by atoms with E-state index in [0.29, 0.717) is 11.7 Å². The molecule has 2 fully saturated rings. The fourth-order valence-corrected chi connectivity index (χ4v) is 4.11. The summed E-state index contributed by atoms with van der Waals surface area (Å²) in [5, 5.41) is 19.1. The maximum atomic E-state index is 10.2. The number of aromatic nitrogens is 2. The minimum atomic E-state index is 0.240. The number of phenols is 1. The largest absolute Gasteiger partial charge is 0.507 e. The number of rotatable bonds is 3. The molecule has 6 heteroatoms. The predicted octanol–water partition coefficient (Wildman–Crippen LogP) is 2.46. The van der Waals surface area contributed by atoms with Crippen molar-refractivity contribution in [1.82, 2.24) is 15.1 Å². The normalized spacial score (nSPS) is 23.7. The second-order valence-electron chi connectivity index (χ2n) is 7.10. The summed E-state index contributed by atoms with van der Waals surface area (Å²) >= 11 is 0. The number of fused-ring (bicyclic) bond motifs is 1. The van der Waals surface area contributed by atoms with Gasteiger partial charge < -0.3 is 19.6 Å². The number of benzene rings is 1. The first-order valence-electron chi connectivity index (χ1n) is 9.40. The first kappa shape index (κ1) is 17.2. The minimum Gasteiger partial charge on any atom is -0.507 e. The summed E-state index contributed by atoms with van der Waals surface area (Å²) in [6, 6.07) is 9.79. The van der Waals surface area contributed by atoms with Gasteiger partial charge >= 0.3 is 0 Å². The van der Waals surface area contributed by atoms with E-state index in [1.807, 2.05) is 31.2 Å². The molecule has 2 aliphatic rings. The van der Waals surface area contributed by atoms with Crippen molar-refractivity contribution in [3.8, 4) is 17.0 Å². The number of hydrogen-bond acceptors (Lipinski definition) is 6. The summed E-state index contributed by atoms with van der Waals surface area (Å²) in [5.74, 6) is 1.13. The predicted molar refractivity (Wildman–Crippen MR) is 101 cm³/mol. The molecule has 0 radical (unpaired) electrons. The molecule has 2 atom stereocenters. The number of aryl methyl sites for hydroxylation is 1. The van der Waals surface area contributed by atoms with Gasteiger partial charge in [0.05, 0.1) is 24.4 Å². The third-order valence-electron chi connectivity index (χ3n) is 5.57. The lowest BCUT2D eigenvalue weighted by molar-refractivity contribution is -0.0282. The highest BCUT2D eigenvalue weighted by molar-refractivity contribution is 5.70.